The number of aromatic nitrogens is 4. The van der Waals surface area contributed by atoms with Gasteiger partial charge < -0.3 is 42.0 Å². The van der Waals surface area contributed by atoms with Crippen LogP contribution in [0.25, 0.3) is 11.2 Å². The fourth-order valence-corrected chi connectivity index (χ4v) is 7.83. The average molecular weight is 953 g/mol. The number of anilines is 3. The molecule has 0 radical (unpaired) electrons. The van der Waals surface area contributed by atoms with Crippen LogP contribution in [0.2, 0.25) is 0 Å². The van der Waals surface area contributed by atoms with E-state index in [1.54, 1.807) is 78.9 Å². The lowest BCUT2D eigenvalue weighted by Gasteiger charge is -2.21. The molecule has 1 saturated heterocycles. The van der Waals surface area contributed by atoms with Gasteiger partial charge in [-0.3, -0.25) is 32.7 Å². The second kappa shape index (κ2) is 24.1. The van der Waals surface area contributed by atoms with Crippen molar-refractivity contribution in [2.24, 2.45) is 5.73 Å². The molecule has 3 heterocycles. The number of amides is 4. The van der Waals surface area contributed by atoms with Crippen molar-refractivity contribution in [3.63, 3.8) is 0 Å². The molecule has 1 aliphatic heterocycles. The number of carbonyl (C=O) groups is 5. The van der Waals surface area contributed by atoms with Crippen molar-refractivity contribution < 1.29 is 51.2 Å². The summed E-state index contributed by atoms with van der Waals surface area (Å²) in [6, 6.07) is 20.5. The number of nitrogens with one attached hydrogen (secondary N) is 4. The van der Waals surface area contributed by atoms with Gasteiger partial charge in [-0.2, -0.15) is 8.42 Å². The highest BCUT2D eigenvalue weighted by Crippen LogP contribution is 2.34. The van der Waals surface area contributed by atoms with Crippen LogP contribution in [0.5, 0.6) is 0 Å². The zero-order chi connectivity index (χ0) is 48.6. The zero-order valence-electron chi connectivity index (χ0n) is 36.8. The molecule has 3 aromatic carbocycles. The summed E-state index contributed by atoms with van der Waals surface area (Å²) in [5.74, 6) is 0.426. The van der Waals surface area contributed by atoms with E-state index >= 15 is 0 Å². The maximum absolute atomic E-state index is 13.0. The molecule has 0 unspecified atom stereocenters. The van der Waals surface area contributed by atoms with Crippen molar-refractivity contribution in [1.29, 1.82) is 0 Å². The van der Waals surface area contributed by atoms with Crippen LogP contribution in [0.3, 0.4) is 0 Å². The van der Waals surface area contributed by atoms with E-state index in [4.69, 9.17) is 31.5 Å². The minimum Gasteiger partial charge on any atom is -0.386 e. The van der Waals surface area contributed by atoms with E-state index in [2.05, 4.69) is 36.8 Å². The number of ketones is 1. The molecule has 1 aliphatic rings. The first kappa shape index (κ1) is 50.3. The summed E-state index contributed by atoms with van der Waals surface area (Å²) in [5.41, 5.74) is 14.9. The van der Waals surface area contributed by atoms with Crippen molar-refractivity contribution in [2.75, 3.05) is 36.1 Å². The number of hydrogen-bond donors (Lipinski definition) is 7. The minimum absolute atomic E-state index is 0.0508. The molecule has 68 heavy (non-hydrogen) atoms. The van der Waals surface area contributed by atoms with E-state index in [1.807, 2.05) is 4.72 Å². The zero-order valence-corrected chi connectivity index (χ0v) is 37.6. The van der Waals surface area contributed by atoms with E-state index in [0.717, 1.165) is 5.56 Å². The van der Waals surface area contributed by atoms with Crippen molar-refractivity contribution in [2.45, 2.75) is 81.9 Å². The third-order valence-electron chi connectivity index (χ3n) is 10.6. The third kappa shape index (κ3) is 14.2. The Morgan fingerprint density at radius 2 is 1.50 bits per heavy atom. The summed E-state index contributed by atoms with van der Waals surface area (Å²) in [5, 5.41) is 19.7. The summed E-state index contributed by atoms with van der Waals surface area (Å²) in [4.78, 5) is 75.2. The standard InChI is InChI=1S/C46H52N10O11S/c1-2-3-5-12-37(58)53-32-17-13-30(14-18-32)40(60)31-15-19-33(20-16-31)54-38(59)22-21-36(57)49-23-8-9-24-65-42-35(67-46(41(42)61)56-28-52-39-43(48)50-27-51-44(39)56)26-66-68(63,64)55-45(62)34(47)25-29-10-6-4-7-11-29/h1,4,6-7,10-11,13-20,27-28,34-35,41-42,46,61H,3,5,8-9,12,21-26,47H2,(H,49,57)(H,53,58)(H,54,59)(H,55,62)(H2,48,50,51)/t34-,35+,41+,42+,46+/m0/s1. The summed E-state index contributed by atoms with van der Waals surface area (Å²) in [7, 11) is -4.69. The van der Waals surface area contributed by atoms with Crippen molar-refractivity contribution in [3.8, 4) is 12.3 Å². The van der Waals surface area contributed by atoms with Gasteiger partial charge in [0.1, 0.15) is 30.2 Å². The smallest absolute Gasteiger partial charge is 0.362 e. The topological polar surface area (TPSA) is 311 Å². The van der Waals surface area contributed by atoms with Crippen LogP contribution in [-0.4, -0.2) is 107 Å². The predicted octanol–water partition coefficient (Wildman–Crippen LogP) is 2.29. The summed E-state index contributed by atoms with van der Waals surface area (Å²) < 4.78 is 46.1. The molecule has 6 rings (SSSR count). The first-order chi connectivity index (χ1) is 32.7. The Morgan fingerprint density at radius 3 is 2.16 bits per heavy atom. The molecule has 1 fully saturated rings. The Balaban J connectivity index is 0.924. The number of terminal acetylenes is 1. The highest BCUT2D eigenvalue weighted by Gasteiger charge is 2.47. The van der Waals surface area contributed by atoms with Gasteiger partial charge in [0.25, 0.3) is 5.91 Å². The number of benzene rings is 3. The molecular weight excluding hydrogens is 901 g/mol. The van der Waals surface area contributed by atoms with E-state index in [9.17, 15) is 37.5 Å². The molecule has 358 valence electrons. The first-order valence-corrected chi connectivity index (χ1v) is 23.1. The van der Waals surface area contributed by atoms with Crippen LogP contribution >= 0.6 is 0 Å². The van der Waals surface area contributed by atoms with Gasteiger partial charge in [-0.15, -0.1) is 12.3 Å². The van der Waals surface area contributed by atoms with Crippen molar-refractivity contribution >= 4 is 68.1 Å². The molecule has 5 aromatic rings. The number of fused-ring (bicyclic) bond motifs is 1. The Hall–Kier alpha value is -7.13. The largest absolute Gasteiger partial charge is 0.386 e. The Labute approximate surface area is 392 Å². The second-order valence-corrected chi connectivity index (χ2v) is 17.0. The summed E-state index contributed by atoms with van der Waals surface area (Å²) in [6.07, 6.45) is 5.02. The van der Waals surface area contributed by atoms with Crippen LogP contribution in [0.1, 0.15) is 72.7 Å². The number of carbonyl (C=O) groups excluding carboxylic acids is 5. The number of nitrogens with zero attached hydrogens (tertiary/aromatic N) is 4. The highest BCUT2D eigenvalue weighted by molar-refractivity contribution is 7.85. The monoisotopic (exact) mass is 952 g/mol. The van der Waals surface area contributed by atoms with E-state index in [1.165, 1.54) is 17.2 Å². The number of hydrogen-bond acceptors (Lipinski definition) is 16. The summed E-state index contributed by atoms with van der Waals surface area (Å²) >= 11 is 0. The highest BCUT2D eigenvalue weighted by atomic mass is 32.2. The van der Waals surface area contributed by atoms with Crippen LogP contribution in [0.15, 0.2) is 91.5 Å². The quantitative estimate of drug-likeness (QED) is 0.0265. The fourth-order valence-electron chi connectivity index (χ4n) is 7.06. The van der Waals surface area contributed by atoms with Gasteiger partial charge in [0.05, 0.1) is 19.0 Å². The lowest BCUT2D eigenvalue weighted by Crippen LogP contribution is -2.46. The number of nitrogen functional groups attached to an aromatic ring is 1. The van der Waals surface area contributed by atoms with Crippen LogP contribution in [-0.2, 0) is 49.6 Å². The minimum atomic E-state index is -4.69. The van der Waals surface area contributed by atoms with Crippen LogP contribution < -0.4 is 32.1 Å². The SMILES string of the molecule is C#CCCCC(=O)Nc1ccc(C(=O)c2ccc(NC(=O)CCC(=O)NCCCCO[C@H]3[C@@H](O)[C@H](n4cnc5c(N)ncnc54)O[C@@H]3COS(=O)(=O)NC(=O)[C@@H](N)Cc3ccccc3)cc2)cc1. The van der Waals surface area contributed by atoms with Gasteiger partial charge in [0.15, 0.2) is 23.5 Å². The molecule has 0 aliphatic carbocycles. The third-order valence-corrected chi connectivity index (χ3v) is 11.5. The second-order valence-electron chi connectivity index (χ2n) is 15.7. The molecule has 9 N–H and O–H groups in total. The normalized spacial score (nSPS) is 17.2. The number of unbranched alkanes of at least 4 members (excludes halogenated alkanes) is 2. The van der Waals surface area contributed by atoms with Crippen LogP contribution in [0, 0.1) is 12.3 Å². The number of aliphatic hydroxyl groups excluding tert-OH is 1. The molecule has 22 heteroatoms. The van der Waals surface area contributed by atoms with Gasteiger partial charge in [0.2, 0.25) is 17.7 Å². The lowest BCUT2D eigenvalue weighted by atomic mass is 10.0. The van der Waals surface area contributed by atoms with E-state index < -0.39 is 59.3 Å². The van der Waals surface area contributed by atoms with Gasteiger partial charge in [-0.05, 0) is 79.8 Å². The van der Waals surface area contributed by atoms with Gasteiger partial charge in [0, 0.05) is 61.3 Å². The molecule has 0 bridgehead atoms. The fraction of sp³-hybridized carbons (Fsp3) is 0.348. The van der Waals surface area contributed by atoms with Gasteiger partial charge in [-0.25, -0.2) is 19.7 Å². The number of rotatable bonds is 24. The molecule has 5 atom stereocenters. The van der Waals surface area contributed by atoms with Gasteiger partial charge in [-0.1, -0.05) is 30.3 Å². The first-order valence-electron chi connectivity index (χ1n) is 21.6. The molecular formula is C46H52N10O11S. The summed E-state index contributed by atoms with van der Waals surface area (Å²) in [6.45, 7) is -0.369. The molecule has 2 aromatic heterocycles. The molecule has 4 amide bonds. The maximum Gasteiger partial charge on any atom is 0.362 e. The maximum atomic E-state index is 13.0. The predicted molar refractivity (Wildman–Crippen MR) is 248 cm³/mol. The Morgan fingerprint density at radius 1 is 0.853 bits per heavy atom. The van der Waals surface area contributed by atoms with Crippen molar-refractivity contribution in [3.05, 3.63) is 108 Å². The van der Waals surface area contributed by atoms with E-state index in [0.29, 0.717) is 54.6 Å². The van der Waals surface area contributed by atoms with Gasteiger partial charge >= 0.3 is 10.3 Å². The number of nitrogens with two attached hydrogens (primary N) is 2. The number of ether oxygens (including phenoxy) is 2. The Kier molecular flexibility index (Phi) is 17.8. The molecule has 0 spiro atoms. The van der Waals surface area contributed by atoms with E-state index in [-0.39, 0.29) is 67.0 Å². The van der Waals surface area contributed by atoms with Crippen LogP contribution in [0.4, 0.5) is 17.2 Å². The number of aliphatic hydroxyl groups is 1. The lowest BCUT2D eigenvalue weighted by molar-refractivity contribution is -0.124. The number of imidazole rings is 1. The molecule has 0 saturated carbocycles. The Bertz CT molecular complexity index is 2700. The average Bonchev–Trinajstić information content (AvgIpc) is 3.90. The van der Waals surface area contributed by atoms with Crippen molar-refractivity contribution in [1.82, 2.24) is 29.6 Å². The molecule has 21 nitrogen and oxygen atoms in total.